The van der Waals surface area contributed by atoms with E-state index in [0.29, 0.717) is 87.1 Å². The van der Waals surface area contributed by atoms with E-state index in [4.69, 9.17) is 40.9 Å². The number of ketones is 1. The number of hydrogen-bond donors (Lipinski definition) is 7. The molecule has 9 N–H and O–H groups in total. The van der Waals surface area contributed by atoms with Crippen molar-refractivity contribution in [2.24, 2.45) is 51.2 Å². The Kier molecular flexibility index (Phi) is 18.6. The van der Waals surface area contributed by atoms with Crippen LogP contribution in [-0.4, -0.2) is 145 Å². The number of benzene rings is 2. The van der Waals surface area contributed by atoms with E-state index in [2.05, 4.69) is 29.0 Å². The summed E-state index contributed by atoms with van der Waals surface area (Å²) in [4.78, 5) is 57.3. The Bertz CT molecular complexity index is 2670. The first-order chi connectivity index (χ1) is 34.5. The predicted molar refractivity (Wildman–Crippen MR) is 280 cm³/mol. The van der Waals surface area contributed by atoms with E-state index in [1.54, 1.807) is 32.1 Å². The second-order valence-electron chi connectivity index (χ2n) is 21.0. The number of allylic oxidation sites excluding steroid dienone is 4. The summed E-state index contributed by atoms with van der Waals surface area (Å²) >= 11 is 0. The van der Waals surface area contributed by atoms with Gasteiger partial charge in [0.2, 0.25) is 0 Å². The third kappa shape index (κ3) is 12.8. The van der Waals surface area contributed by atoms with Gasteiger partial charge >= 0.3 is 11.8 Å². The molecule has 0 aromatic heterocycles. The molecule has 5 bridgehead atoms. The first-order valence-corrected chi connectivity index (χ1v) is 26.9. The summed E-state index contributed by atoms with van der Waals surface area (Å²) < 4.78 is 30.5. The topological polar surface area (TPSA) is 275 Å². The molecule has 73 heavy (non-hydrogen) atoms. The number of hydrazine groups is 1. The number of nitrogens with zero attached hydrogens (tertiary/aromatic N) is 5. The van der Waals surface area contributed by atoms with Gasteiger partial charge in [0, 0.05) is 123 Å². The van der Waals surface area contributed by atoms with Crippen LogP contribution in [0.4, 0.5) is 5.69 Å². The van der Waals surface area contributed by atoms with Crippen LogP contribution < -0.4 is 32.3 Å². The number of Topliss-reactive ketones (excluding diaryl/α,β-unsaturated/α-hetero) is 1. The van der Waals surface area contributed by atoms with E-state index < -0.39 is 63.8 Å². The number of esters is 1. The van der Waals surface area contributed by atoms with E-state index in [0.717, 1.165) is 13.7 Å². The number of carbonyl (C=O) groups excluding carboxylic acids is 3. The van der Waals surface area contributed by atoms with Gasteiger partial charge in [0.15, 0.2) is 11.4 Å². The number of aromatic hydroxyl groups is 2. The Hall–Kier alpha value is -5.38. The van der Waals surface area contributed by atoms with Crippen molar-refractivity contribution in [1.29, 1.82) is 0 Å². The molecule has 2 unspecified atom stereocenters. The van der Waals surface area contributed by atoms with Crippen LogP contribution in [0.5, 0.6) is 17.2 Å². The molecule has 2 fully saturated rings. The summed E-state index contributed by atoms with van der Waals surface area (Å²) in [5.41, 5.74) is 6.30. The number of amides is 1. The van der Waals surface area contributed by atoms with Crippen LogP contribution in [0.3, 0.4) is 0 Å². The maximum atomic E-state index is 14.8. The maximum absolute atomic E-state index is 14.8. The van der Waals surface area contributed by atoms with E-state index in [9.17, 15) is 33.9 Å². The molecular weight excluding hydrogens is 957 g/mol. The quantitative estimate of drug-likeness (QED) is 0.0858. The van der Waals surface area contributed by atoms with Crippen LogP contribution in [-0.2, 0) is 29.9 Å². The summed E-state index contributed by atoms with van der Waals surface area (Å²) in [6.45, 7) is 20.4. The second kappa shape index (κ2) is 23.9. The number of ether oxygens (including phenoxy) is 3. The molecule has 402 valence electrons. The minimum absolute atomic E-state index is 0.0216. The Morgan fingerprint density at radius 2 is 1.67 bits per heavy atom. The minimum Gasteiger partial charge on any atom is -0.507 e. The number of aliphatic hydroxyl groups is 2. The number of likely N-dealkylation sites (tertiary alicyclic amines) is 1. The molecule has 2 saturated heterocycles. The Morgan fingerprint density at radius 1 is 1.01 bits per heavy atom. The molecule has 6 aliphatic rings. The highest BCUT2D eigenvalue weighted by Crippen LogP contribution is 2.50. The van der Waals surface area contributed by atoms with Crippen LogP contribution in [0.15, 0.2) is 58.0 Å². The fourth-order valence-electron chi connectivity index (χ4n) is 10.5. The van der Waals surface area contributed by atoms with Gasteiger partial charge < -0.3 is 55.6 Å². The van der Waals surface area contributed by atoms with Crippen LogP contribution in [0.25, 0.3) is 10.8 Å². The second-order valence-corrected chi connectivity index (χ2v) is 22.7. The summed E-state index contributed by atoms with van der Waals surface area (Å²) in [7, 11) is 0.169. The number of fused-ring (bicyclic) bond motifs is 13. The summed E-state index contributed by atoms with van der Waals surface area (Å²) in [5.74, 6) is 2.24. The summed E-state index contributed by atoms with van der Waals surface area (Å²) in [6.07, 6.45) is 10.2. The van der Waals surface area contributed by atoms with Gasteiger partial charge in [0.05, 0.1) is 28.7 Å². The molecular formula is C53H78N8O11S. The van der Waals surface area contributed by atoms with Gasteiger partial charge in [-0.15, -0.1) is 0 Å². The molecule has 2 aromatic rings. The van der Waals surface area contributed by atoms with Crippen molar-refractivity contribution in [1.82, 2.24) is 14.8 Å². The van der Waals surface area contributed by atoms with Crippen LogP contribution in [0, 0.1) is 36.5 Å². The number of piperidine rings is 1. The number of anilines is 1. The first kappa shape index (κ1) is 56.9. The van der Waals surface area contributed by atoms with Gasteiger partial charge in [-0.3, -0.25) is 33.5 Å². The lowest BCUT2D eigenvalue weighted by Gasteiger charge is -2.36. The van der Waals surface area contributed by atoms with Gasteiger partial charge in [0.1, 0.15) is 35.2 Å². The van der Waals surface area contributed by atoms with Gasteiger partial charge in [-0.2, -0.15) is 0 Å². The van der Waals surface area contributed by atoms with Gasteiger partial charge in [-0.1, -0.05) is 59.8 Å². The van der Waals surface area contributed by atoms with Crippen LogP contribution in [0.2, 0.25) is 0 Å². The molecule has 6 aliphatic heterocycles. The third-order valence-electron chi connectivity index (χ3n) is 14.5. The van der Waals surface area contributed by atoms with Crippen LogP contribution >= 0.6 is 0 Å². The highest BCUT2D eigenvalue weighted by Gasteiger charge is 2.50. The van der Waals surface area contributed by atoms with Crippen molar-refractivity contribution in [3.8, 4) is 17.2 Å². The SMILES string of the molecule is C/C1=C/C=C/[C@H](C)C[C@@H](C)[C@@H](O)[C@@H](C)C(OC(=O)CN(N)/C=C(\N)CN2CCS(=O)CC2)[C@H](C)C/C=C/OC2(C)Oc3c(C)c(O)c4c(O)c(c5c(c4c3C2=O)=NC2(CCN(CC(C)C)CC2)N=5)NC1=O.CO. The maximum Gasteiger partial charge on any atom is 0.327 e. The first-order valence-electron chi connectivity index (χ1n) is 25.4. The standard InChI is InChI=1S/C52H74N8O10S.CH4O/c1-29(2)25-58-17-15-52(16-18-58)56-41-38-39-45(63)35(8)48-40(38)49(65)51(9,70-48)68-21-11-14-31(4)47(69-37(61)28-60(54)27-36(53)26-59-19-22-71(67)23-20-59)34(7)44(62)33(6)24-30(3)12-10-13-32(5)50(66)55-43(46(39)64)42(41)57-52;1-2/h10-13,21,27,29-31,33-34,44,47,62-64H,14-20,22-26,28,53-54H2,1-9H3,(H,55,66);2H,1H3/b12-10+,21-11+,32-13-,36-27-;/t30-,31+,33+,34+,44+,47?,51?;/m0./s1. The average Bonchev–Trinajstić information content (AvgIpc) is 3.84. The lowest BCUT2D eigenvalue weighted by Crippen LogP contribution is -2.43. The number of carbonyl (C=O) groups is 3. The summed E-state index contributed by atoms with van der Waals surface area (Å²) in [5, 5.41) is 47.5. The van der Waals surface area contributed by atoms with E-state index in [-0.39, 0.29) is 74.1 Å². The number of hydrogen-bond acceptors (Lipinski definition) is 18. The summed E-state index contributed by atoms with van der Waals surface area (Å²) in [6, 6.07) is 0. The molecule has 6 heterocycles. The Labute approximate surface area is 431 Å². The highest BCUT2D eigenvalue weighted by molar-refractivity contribution is 7.85. The number of nitrogens with one attached hydrogen (secondary N) is 1. The fourth-order valence-corrected chi connectivity index (χ4v) is 11.7. The molecule has 0 radical (unpaired) electrons. The third-order valence-corrected chi connectivity index (χ3v) is 15.8. The smallest absolute Gasteiger partial charge is 0.327 e. The minimum atomic E-state index is -1.92. The molecule has 2 aromatic carbocycles. The zero-order chi connectivity index (χ0) is 53.7. The van der Waals surface area contributed by atoms with Crippen LogP contribution in [0.1, 0.15) is 97.0 Å². The van der Waals surface area contributed by atoms with Crippen molar-refractivity contribution >= 4 is 44.9 Å². The molecule has 20 heteroatoms. The molecule has 1 amide bonds. The highest BCUT2D eigenvalue weighted by atomic mass is 32.2. The number of phenolic OH excluding ortho intramolecular Hbond substituents is 2. The zero-order valence-corrected chi connectivity index (χ0v) is 45.0. The molecule has 0 saturated carbocycles. The molecule has 8 rings (SSSR count). The number of aliphatic hydroxyl groups excluding tert-OH is 2. The van der Waals surface area contributed by atoms with E-state index in [1.165, 1.54) is 24.4 Å². The molecule has 0 aliphatic carbocycles. The van der Waals surface area contributed by atoms with E-state index in [1.807, 2.05) is 33.8 Å². The lowest BCUT2D eigenvalue weighted by atomic mass is 9.80. The van der Waals surface area contributed by atoms with Gasteiger partial charge in [-0.25, -0.2) is 5.84 Å². The normalized spacial score (nSPS) is 29.0. The zero-order valence-electron chi connectivity index (χ0n) is 44.1. The van der Waals surface area contributed by atoms with E-state index >= 15 is 0 Å². The Balaban J connectivity index is 0.00000429. The Morgan fingerprint density at radius 3 is 2.33 bits per heavy atom. The van der Waals surface area contributed by atoms with Crippen molar-refractivity contribution in [3.63, 3.8) is 0 Å². The van der Waals surface area contributed by atoms with Crippen molar-refractivity contribution in [2.45, 2.75) is 112 Å². The number of rotatable bonds is 8. The predicted octanol–water partition coefficient (Wildman–Crippen LogP) is 3.78. The molecule has 1 spiro atoms. The van der Waals surface area contributed by atoms with Crippen molar-refractivity contribution in [2.75, 3.05) is 69.7 Å². The van der Waals surface area contributed by atoms with Gasteiger partial charge in [-0.05, 0) is 56.4 Å². The molecule has 19 nitrogen and oxygen atoms in total. The largest absolute Gasteiger partial charge is 0.507 e. The van der Waals surface area contributed by atoms with Gasteiger partial charge in [0.25, 0.3) is 11.7 Å². The lowest BCUT2D eigenvalue weighted by molar-refractivity contribution is -0.159. The number of phenols is 2. The van der Waals surface area contributed by atoms with Crippen molar-refractivity contribution in [3.05, 3.63) is 69.9 Å². The molecule has 7 atom stereocenters. The average molecular weight is 1040 g/mol. The monoisotopic (exact) mass is 1030 g/mol. The van der Waals surface area contributed by atoms with Crippen molar-refractivity contribution < 1.29 is 53.2 Å². The fraction of sp³-hybridized carbons (Fsp3) is 0.604. The number of nitrogens with two attached hydrogens (primary N) is 2.